The molecule has 0 atom stereocenters. The summed E-state index contributed by atoms with van der Waals surface area (Å²) in [5, 5.41) is 5.50. The maximum atomic E-state index is 13.7. The van der Waals surface area contributed by atoms with Gasteiger partial charge in [-0.25, -0.2) is 14.2 Å². The van der Waals surface area contributed by atoms with Crippen molar-refractivity contribution in [1.29, 1.82) is 0 Å². The number of methoxy groups -OCH3 is 1. The van der Waals surface area contributed by atoms with Crippen molar-refractivity contribution < 1.29 is 18.7 Å². The lowest BCUT2D eigenvalue weighted by Crippen LogP contribution is -2.15. The summed E-state index contributed by atoms with van der Waals surface area (Å²) in [4.78, 5) is 28.3. The number of hydrogen-bond donors (Lipinski definition) is 2. The van der Waals surface area contributed by atoms with Crippen LogP contribution in [0.4, 0.5) is 21.6 Å². The monoisotopic (exact) mass is 365 g/mol. The van der Waals surface area contributed by atoms with Crippen LogP contribution in [0.5, 0.6) is 0 Å². The molecule has 3 rings (SSSR count). The van der Waals surface area contributed by atoms with Crippen molar-refractivity contribution in [2.45, 2.75) is 0 Å². The van der Waals surface area contributed by atoms with Crippen LogP contribution in [0.25, 0.3) is 0 Å². The normalized spacial score (nSPS) is 10.1. The highest BCUT2D eigenvalue weighted by Crippen LogP contribution is 2.19. The number of amides is 1. The summed E-state index contributed by atoms with van der Waals surface area (Å²) in [5.41, 5.74) is 1.16. The minimum atomic E-state index is -0.548. The first-order chi connectivity index (χ1) is 13.1. The minimum absolute atomic E-state index is 0.249. The van der Waals surface area contributed by atoms with Gasteiger partial charge < -0.3 is 15.4 Å². The van der Waals surface area contributed by atoms with Crippen LogP contribution in [0.1, 0.15) is 20.7 Å². The number of carbonyl (C=O) groups excluding carboxylic acids is 2. The van der Waals surface area contributed by atoms with E-state index in [9.17, 15) is 14.0 Å². The number of halogens is 1. The summed E-state index contributed by atoms with van der Waals surface area (Å²) in [6, 6.07) is 15.9. The van der Waals surface area contributed by atoms with Crippen LogP contribution >= 0.6 is 0 Å². The SMILES string of the molecule is COC(=O)c1ccccc1NC(=O)c1ccc(Nc2ccccc2F)nc1. The average Bonchev–Trinajstić information content (AvgIpc) is 2.70. The third kappa shape index (κ3) is 4.27. The zero-order valence-electron chi connectivity index (χ0n) is 14.4. The van der Waals surface area contributed by atoms with Crippen LogP contribution < -0.4 is 10.6 Å². The number of aromatic nitrogens is 1. The van der Waals surface area contributed by atoms with Gasteiger partial charge in [0.15, 0.2) is 0 Å². The molecule has 0 bridgehead atoms. The van der Waals surface area contributed by atoms with E-state index < -0.39 is 17.7 Å². The lowest BCUT2D eigenvalue weighted by atomic mass is 10.1. The van der Waals surface area contributed by atoms with Gasteiger partial charge in [-0.2, -0.15) is 0 Å². The van der Waals surface area contributed by atoms with Crippen LogP contribution in [-0.4, -0.2) is 24.0 Å². The molecule has 0 fully saturated rings. The molecule has 0 saturated heterocycles. The van der Waals surface area contributed by atoms with E-state index >= 15 is 0 Å². The van der Waals surface area contributed by atoms with E-state index in [-0.39, 0.29) is 16.8 Å². The molecule has 1 aromatic heterocycles. The maximum Gasteiger partial charge on any atom is 0.339 e. The van der Waals surface area contributed by atoms with E-state index in [0.29, 0.717) is 11.5 Å². The highest BCUT2D eigenvalue weighted by Gasteiger charge is 2.14. The largest absolute Gasteiger partial charge is 0.465 e. The number of pyridine rings is 1. The molecule has 3 aromatic rings. The molecule has 27 heavy (non-hydrogen) atoms. The number of hydrogen-bond acceptors (Lipinski definition) is 5. The van der Waals surface area contributed by atoms with Crippen LogP contribution in [0, 0.1) is 5.82 Å². The fourth-order valence-corrected chi connectivity index (χ4v) is 2.38. The molecule has 1 heterocycles. The Balaban J connectivity index is 1.73. The molecule has 2 N–H and O–H groups in total. The molecule has 0 spiro atoms. The summed E-state index contributed by atoms with van der Waals surface area (Å²) < 4.78 is 18.4. The van der Waals surface area contributed by atoms with Gasteiger partial charge in [0.2, 0.25) is 0 Å². The van der Waals surface area contributed by atoms with Crippen LogP contribution in [0.3, 0.4) is 0 Å². The van der Waals surface area contributed by atoms with Crippen molar-refractivity contribution >= 4 is 29.1 Å². The zero-order valence-corrected chi connectivity index (χ0v) is 14.4. The number of carbonyl (C=O) groups is 2. The minimum Gasteiger partial charge on any atom is -0.465 e. The first kappa shape index (κ1) is 18.1. The average molecular weight is 365 g/mol. The molecule has 2 aromatic carbocycles. The molecule has 0 unspecified atom stereocenters. The number of ether oxygens (including phenoxy) is 1. The van der Waals surface area contributed by atoms with Gasteiger partial charge in [0.25, 0.3) is 5.91 Å². The highest BCUT2D eigenvalue weighted by atomic mass is 19.1. The number of anilines is 3. The third-order valence-corrected chi connectivity index (χ3v) is 3.74. The van der Waals surface area contributed by atoms with Gasteiger partial charge in [0, 0.05) is 6.20 Å². The van der Waals surface area contributed by atoms with Gasteiger partial charge in [-0.1, -0.05) is 24.3 Å². The van der Waals surface area contributed by atoms with Gasteiger partial charge in [-0.05, 0) is 36.4 Å². The van der Waals surface area contributed by atoms with E-state index in [0.717, 1.165) is 0 Å². The number of esters is 1. The van der Waals surface area contributed by atoms with Crippen LogP contribution in [-0.2, 0) is 4.74 Å². The van der Waals surface area contributed by atoms with Gasteiger partial charge in [0.05, 0.1) is 29.6 Å². The standard InChI is InChI=1S/C20H16FN3O3/c1-27-20(26)14-6-2-4-8-16(14)24-19(25)13-10-11-18(22-12-13)23-17-9-5-3-7-15(17)21/h2-12H,1H3,(H,22,23)(H,24,25). The fraction of sp³-hybridized carbons (Fsp3) is 0.0500. The number of rotatable bonds is 5. The topological polar surface area (TPSA) is 80.3 Å². The Hall–Kier alpha value is -3.74. The van der Waals surface area contributed by atoms with E-state index in [1.807, 2.05) is 0 Å². The molecule has 0 aliphatic carbocycles. The number of benzene rings is 2. The first-order valence-electron chi connectivity index (χ1n) is 8.05. The summed E-state index contributed by atoms with van der Waals surface area (Å²) in [6.45, 7) is 0. The lowest BCUT2D eigenvalue weighted by molar-refractivity contribution is 0.0602. The predicted octanol–water partition coefficient (Wildman–Crippen LogP) is 4.00. The fourth-order valence-electron chi connectivity index (χ4n) is 2.38. The Morgan fingerprint density at radius 1 is 0.963 bits per heavy atom. The molecule has 1 amide bonds. The molecule has 0 saturated carbocycles. The Morgan fingerprint density at radius 3 is 2.33 bits per heavy atom. The quantitative estimate of drug-likeness (QED) is 0.668. The van der Waals surface area contributed by atoms with Crippen molar-refractivity contribution in [1.82, 2.24) is 4.98 Å². The highest BCUT2D eigenvalue weighted by molar-refractivity contribution is 6.07. The van der Waals surface area contributed by atoms with Crippen molar-refractivity contribution in [2.24, 2.45) is 0 Å². The van der Waals surface area contributed by atoms with Gasteiger partial charge in [-0.15, -0.1) is 0 Å². The second-order valence-corrected chi connectivity index (χ2v) is 5.53. The Morgan fingerprint density at radius 2 is 1.67 bits per heavy atom. The van der Waals surface area contributed by atoms with E-state index in [4.69, 9.17) is 4.74 Å². The Bertz CT molecular complexity index is 974. The summed E-state index contributed by atoms with van der Waals surface area (Å²) >= 11 is 0. The van der Waals surface area contributed by atoms with Gasteiger partial charge in [0.1, 0.15) is 11.6 Å². The summed E-state index contributed by atoms with van der Waals surface area (Å²) in [6.07, 6.45) is 1.36. The lowest BCUT2D eigenvalue weighted by Gasteiger charge is -2.10. The molecule has 0 radical (unpaired) electrons. The van der Waals surface area contributed by atoms with E-state index in [1.165, 1.54) is 19.4 Å². The van der Waals surface area contributed by atoms with E-state index in [2.05, 4.69) is 15.6 Å². The Kier molecular flexibility index (Phi) is 5.41. The number of nitrogens with zero attached hydrogens (tertiary/aromatic N) is 1. The summed E-state index contributed by atoms with van der Waals surface area (Å²) in [7, 11) is 1.27. The summed E-state index contributed by atoms with van der Waals surface area (Å²) in [5.74, 6) is -0.989. The van der Waals surface area contributed by atoms with E-state index in [1.54, 1.807) is 54.6 Å². The van der Waals surface area contributed by atoms with Gasteiger partial charge >= 0.3 is 5.97 Å². The smallest absolute Gasteiger partial charge is 0.339 e. The van der Waals surface area contributed by atoms with Gasteiger partial charge in [-0.3, -0.25) is 4.79 Å². The molecule has 0 aliphatic rings. The predicted molar refractivity (Wildman–Crippen MR) is 99.7 cm³/mol. The first-order valence-corrected chi connectivity index (χ1v) is 8.05. The number of para-hydroxylation sites is 2. The van der Waals surface area contributed by atoms with Crippen LogP contribution in [0.2, 0.25) is 0 Å². The molecule has 0 aliphatic heterocycles. The number of nitrogens with one attached hydrogen (secondary N) is 2. The molecule has 7 heteroatoms. The molecular weight excluding hydrogens is 349 g/mol. The Labute approximate surface area is 155 Å². The third-order valence-electron chi connectivity index (χ3n) is 3.74. The van der Waals surface area contributed by atoms with Crippen molar-refractivity contribution in [3.05, 3.63) is 83.8 Å². The molecular formula is C20H16FN3O3. The van der Waals surface area contributed by atoms with Crippen LogP contribution in [0.15, 0.2) is 66.9 Å². The maximum absolute atomic E-state index is 13.7. The molecule has 6 nitrogen and oxygen atoms in total. The second-order valence-electron chi connectivity index (χ2n) is 5.53. The second kappa shape index (κ2) is 8.09. The molecule has 136 valence electrons. The zero-order chi connectivity index (χ0) is 19.2. The van der Waals surface area contributed by atoms with Crippen molar-refractivity contribution in [3.8, 4) is 0 Å². The van der Waals surface area contributed by atoms with Crippen molar-refractivity contribution in [2.75, 3.05) is 17.7 Å². The van der Waals surface area contributed by atoms with Crippen molar-refractivity contribution in [3.63, 3.8) is 0 Å².